The van der Waals surface area contributed by atoms with Gasteiger partial charge in [-0.3, -0.25) is 0 Å². The van der Waals surface area contributed by atoms with Gasteiger partial charge in [0.05, 0.1) is 0 Å². The Kier molecular flexibility index (Phi) is 5.46. The zero-order chi connectivity index (χ0) is 8.27. The van der Waals surface area contributed by atoms with Crippen LogP contribution in [0, 0.1) is 5.13 Å². The molecule has 0 saturated heterocycles. The summed E-state index contributed by atoms with van der Waals surface area (Å²) in [6, 6.07) is 3.78. The second-order valence-corrected chi connectivity index (χ2v) is 3.86. The Hall–Kier alpha value is -0.120. The van der Waals surface area contributed by atoms with Crippen molar-refractivity contribution < 1.29 is 4.39 Å². The predicted octanol–water partition coefficient (Wildman–Crippen LogP) is 2.81. The van der Waals surface area contributed by atoms with Crippen molar-refractivity contribution in [2.24, 2.45) is 0 Å². The van der Waals surface area contributed by atoms with Crippen LogP contribution in [0.1, 0.15) is 18.7 Å². The van der Waals surface area contributed by atoms with Crippen LogP contribution < -0.4 is 5.32 Å². The van der Waals surface area contributed by atoms with E-state index < -0.39 is 0 Å². The van der Waals surface area contributed by atoms with Gasteiger partial charge in [-0.15, -0.1) is 23.7 Å². The maximum absolute atomic E-state index is 12.4. The first-order chi connectivity index (χ1) is 5.18. The molecule has 0 saturated carbocycles. The van der Waals surface area contributed by atoms with E-state index in [0.29, 0.717) is 6.04 Å². The predicted molar refractivity (Wildman–Crippen MR) is 53.5 cm³/mol. The van der Waals surface area contributed by atoms with Crippen LogP contribution >= 0.6 is 23.7 Å². The van der Waals surface area contributed by atoms with Crippen molar-refractivity contribution >= 4 is 23.7 Å². The molecule has 1 rings (SSSR count). The number of hydrogen-bond acceptors (Lipinski definition) is 2. The van der Waals surface area contributed by atoms with Gasteiger partial charge in [-0.1, -0.05) is 13.8 Å². The summed E-state index contributed by atoms with van der Waals surface area (Å²) in [5.74, 6) is 0. The fraction of sp³-hybridized carbons (Fsp3) is 0.500. The maximum Gasteiger partial charge on any atom is 0.176 e. The summed E-state index contributed by atoms with van der Waals surface area (Å²) < 4.78 is 12.4. The van der Waals surface area contributed by atoms with Crippen LogP contribution in [0.2, 0.25) is 0 Å². The smallest absolute Gasteiger partial charge is 0.176 e. The normalized spacial score (nSPS) is 10.0. The van der Waals surface area contributed by atoms with Gasteiger partial charge < -0.3 is 5.32 Å². The summed E-state index contributed by atoms with van der Waals surface area (Å²) in [5, 5.41) is 3.11. The third kappa shape index (κ3) is 4.04. The van der Waals surface area contributed by atoms with E-state index in [9.17, 15) is 4.39 Å². The molecule has 1 aromatic heterocycles. The van der Waals surface area contributed by atoms with Crippen molar-refractivity contribution in [3.05, 3.63) is 22.1 Å². The highest BCUT2D eigenvalue weighted by Gasteiger charge is 1.98. The van der Waals surface area contributed by atoms with E-state index in [1.54, 1.807) is 0 Å². The van der Waals surface area contributed by atoms with Crippen LogP contribution in [0.3, 0.4) is 0 Å². The number of rotatable bonds is 3. The highest BCUT2D eigenvalue weighted by Crippen LogP contribution is 2.13. The summed E-state index contributed by atoms with van der Waals surface area (Å²) in [4.78, 5) is 1.05. The molecule has 1 N–H and O–H groups in total. The lowest BCUT2D eigenvalue weighted by molar-refractivity contribution is 0.593. The molecule has 0 unspecified atom stereocenters. The van der Waals surface area contributed by atoms with Crippen LogP contribution in [0.15, 0.2) is 12.1 Å². The second-order valence-electron chi connectivity index (χ2n) is 2.74. The van der Waals surface area contributed by atoms with Gasteiger partial charge >= 0.3 is 0 Å². The van der Waals surface area contributed by atoms with Gasteiger partial charge in [0, 0.05) is 17.5 Å². The van der Waals surface area contributed by atoms with Gasteiger partial charge in [0.15, 0.2) is 5.13 Å². The van der Waals surface area contributed by atoms with E-state index in [-0.39, 0.29) is 17.5 Å². The Bertz CT molecular complexity index is 225. The van der Waals surface area contributed by atoms with Crippen molar-refractivity contribution in [3.8, 4) is 0 Å². The zero-order valence-electron chi connectivity index (χ0n) is 7.13. The molecule has 12 heavy (non-hydrogen) atoms. The molecule has 0 aliphatic carbocycles. The van der Waals surface area contributed by atoms with E-state index in [1.807, 2.05) is 6.07 Å². The first-order valence-electron chi connectivity index (χ1n) is 3.66. The summed E-state index contributed by atoms with van der Waals surface area (Å²) in [5.41, 5.74) is 0. The van der Waals surface area contributed by atoms with E-state index in [1.165, 1.54) is 17.4 Å². The monoisotopic (exact) mass is 209 g/mol. The third-order valence-electron chi connectivity index (χ3n) is 1.31. The number of thiophene rings is 1. The summed E-state index contributed by atoms with van der Waals surface area (Å²) in [7, 11) is 0. The Balaban J connectivity index is 0.00000121. The van der Waals surface area contributed by atoms with Crippen molar-refractivity contribution in [3.63, 3.8) is 0 Å². The first kappa shape index (κ1) is 11.9. The molecule has 0 aromatic carbocycles. The molecule has 0 aliphatic rings. The standard InChI is InChI=1S/C8H12FNS.ClH/c1-6(2)10-5-7-3-4-8(9)11-7;/h3-4,6,10H,5H2,1-2H3;1H. The van der Waals surface area contributed by atoms with Crippen LogP contribution in [0.25, 0.3) is 0 Å². The van der Waals surface area contributed by atoms with E-state index in [4.69, 9.17) is 0 Å². The van der Waals surface area contributed by atoms with Gasteiger partial charge in [-0.25, -0.2) is 0 Å². The molecule has 0 amide bonds. The largest absolute Gasteiger partial charge is 0.310 e. The number of halogens is 2. The molecule has 0 bridgehead atoms. The molecule has 0 aliphatic heterocycles. The molecule has 0 spiro atoms. The molecule has 1 nitrogen and oxygen atoms in total. The van der Waals surface area contributed by atoms with Gasteiger partial charge in [-0.05, 0) is 12.1 Å². The fourth-order valence-corrected chi connectivity index (χ4v) is 1.43. The van der Waals surface area contributed by atoms with Gasteiger partial charge in [0.25, 0.3) is 0 Å². The van der Waals surface area contributed by atoms with E-state index in [2.05, 4.69) is 19.2 Å². The minimum absolute atomic E-state index is 0. The van der Waals surface area contributed by atoms with Gasteiger partial charge in [0.1, 0.15) is 0 Å². The Labute approximate surface area is 82.4 Å². The lowest BCUT2D eigenvalue weighted by Gasteiger charge is -2.04. The summed E-state index contributed by atoms with van der Waals surface area (Å²) >= 11 is 1.20. The van der Waals surface area contributed by atoms with E-state index >= 15 is 0 Å². The fourth-order valence-electron chi connectivity index (χ4n) is 0.751. The SMILES string of the molecule is CC(C)NCc1ccc(F)s1.Cl. The Morgan fingerprint density at radius 3 is 2.58 bits per heavy atom. The average molecular weight is 210 g/mol. The molecule has 4 heteroatoms. The maximum atomic E-state index is 12.4. The highest BCUT2D eigenvalue weighted by atomic mass is 35.5. The van der Waals surface area contributed by atoms with Crippen molar-refractivity contribution in [2.45, 2.75) is 26.4 Å². The highest BCUT2D eigenvalue weighted by molar-refractivity contribution is 7.10. The minimum atomic E-state index is -0.106. The number of nitrogens with one attached hydrogen (secondary N) is 1. The van der Waals surface area contributed by atoms with Crippen molar-refractivity contribution in [2.75, 3.05) is 0 Å². The molecule has 1 heterocycles. The van der Waals surface area contributed by atoms with Crippen LogP contribution in [0.5, 0.6) is 0 Å². The lowest BCUT2D eigenvalue weighted by Crippen LogP contribution is -2.21. The van der Waals surface area contributed by atoms with Gasteiger partial charge in [-0.2, -0.15) is 4.39 Å². The average Bonchev–Trinajstić information content (AvgIpc) is 2.31. The summed E-state index contributed by atoms with van der Waals surface area (Å²) in [6.45, 7) is 4.92. The van der Waals surface area contributed by atoms with Crippen LogP contribution in [0.4, 0.5) is 4.39 Å². The number of hydrogen-bond donors (Lipinski definition) is 1. The molecule has 70 valence electrons. The quantitative estimate of drug-likeness (QED) is 0.808. The zero-order valence-corrected chi connectivity index (χ0v) is 8.77. The minimum Gasteiger partial charge on any atom is -0.310 e. The molecular formula is C8H13ClFNS. The van der Waals surface area contributed by atoms with Gasteiger partial charge in [0.2, 0.25) is 0 Å². The second kappa shape index (κ2) is 5.51. The van der Waals surface area contributed by atoms with E-state index in [0.717, 1.165) is 11.4 Å². The first-order valence-corrected chi connectivity index (χ1v) is 4.47. The van der Waals surface area contributed by atoms with Crippen molar-refractivity contribution in [1.29, 1.82) is 0 Å². The van der Waals surface area contributed by atoms with Crippen LogP contribution in [-0.4, -0.2) is 6.04 Å². The summed E-state index contributed by atoms with van der Waals surface area (Å²) in [6.07, 6.45) is 0. The molecule has 0 atom stereocenters. The molecule has 0 radical (unpaired) electrons. The third-order valence-corrected chi connectivity index (χ3v) is 2.19. The Morgan fingerprint density at radius 1 is 1.50 bits per heavy atom. The molecule has 0 fully saturated rings. The topological polar surface area (TPSA) is 12.0 Å². The molecule has 1 aromatic rings. The Morgan fingerprint density at radius 2 is 2.17 bits per heavy atom. The van der Waals surface area contributed by atoms with Crippen LogP contribution in [-0.2, 0) is 6.54 Å². The molecular weight excluding hydrogens is 197 g/mol. The van der Waals surface area contributed by atoms with Crippen molar-refractivity contribution in [1.82, 2.24) is 5.32 Å². The lowest BCUT2D eigenvalue weighted by atomic mass is 10.4.